The van der Waals surface area contributed by atoms with Crippen molar-refractivity contribution in [2.24, 2.45) is 0 Å². The van der Waals surface area contributed by atoms with Crippen molar-refractivity contribution in [3.05, 3.63) is 30.3 Å². The molecule has 0 aliphatic carbocycles. The molecule has 0 amide bonds. The lowest BCUT2D eigenvalue weighted by atomic mass is 10.1. The monoisotopic (exact) mass is 336 g/mol. The quantitative estimate of drug-likeness (QED) is 0.285. The molecule has 0 heterocycles. The first-order chi connectivity index (χ1) is 11.7. The molecule has 1 aromatic carbocycles. The fraction of sp³-hybridized carbons (Fsp3) is 0.650. The molecule has 0 fully saturated rings. The van der Waals surface area contributed by atoms with E-state index in [4.69, 9.17) is 14.2 Å². The van der Waals surface area contributed by atoms with Crippen LogP contribution in [0.15, 0.2) is 30.3 Å². The Hall–Kier alpha value is -1.55. The van der Waals surface area contributed by atoms with Gasteiger partial charge in [0.2, 0.25) is 0 Å². The Bertz CT molecular complexity index is 446. The second-order valence-corrected chi connectivity index (χ2v) is 5.86. The van der Waals surface area contributed by atoms with Crippen LogP contribution in [0.4, 0.5) is 0 Å². The maximum atomic E-state index is 12.6. The number of hydrogen-bond donors (Lipinski definition) is 0. The number of benzene rings is 1. The van der Waals surface area contributed by atoms with Crippen LogP contribution in [-0.2, 0) is 14.3 Å². The molecule has 136 valence electrons. The first kappa shape index (κ1) is 20.5. The van der Waals surface area contributed by atoms with Gasteiger partial charge in [0.1, 0.15) is 5.75 Å². The van der Waals surface area contributed by atoms with Gasteiger partial charge < -0.3 is 14.2 Å². The predicted octanol–water partition coefficient (Wildman–Crippen LogP) is 5.11. The Labute approximate surface area is 146 Å². The van der Waals surface area contributed by atoms with Crippen molar-refractivity contribution in [1.29, 1.82) is 0 Å². The maximum Gasteiger partial charge on any atom is 0.379 e. The smallest absolute Gasteiger partial charge is 0.379 e. The van der Waals surface area contributed by atoms with Crippen LogP contribution in [0.5, 0.6) is 5.75 Å². The van der Waals surface area contributed by atoms with Crippen LogP contribution in [0.2, 0.25) is 0 Å². The summed E-state index contributed by atoms with van der Waals surface area (Å²) >= 11 is 0. The van der Waals surface area contributed by atoms with Gasteiger partial charge in [0.15, 0.2) is 0 Å². The van der Waals surface area contributed by atoms with E-state index in [1.54, 1.807) is 0 Å². The molecule has 1 atom stereocenters. The highest BCUT2D eigenvalue weighted by atomic mass is 16.7. The molecular formula is C20H32O4. The number of para-hydroxylation sites is 1. The summed E-state index contributed by atoms with van der Waals surface area (Å²) in [6.45, 7) is 6.71. The summed E-state index contributed by atoms with van der Waals surface area (Å²) in [6.07, 6.45) is 7.31. The van der Waals surface area contributed by atoms with Gasteiger partial charge in [-0.2, -0.15) is 0 Å². The van der Waals surface area contributed by atoms with Crippen molar-refractivity contribution < 1.29 is 19.0 Å². The number of unbranched alkanes of at least 4 members (excludes halogenated alkanes) is 5. The molecule has 0 spiro atoms. The highest BCUT2D eigenvalue weighted by Gasteiger charge is 2.42. The van der Waals surface area contributed by atoms with Gasteiger partial charge in [-0.3, -0.25) is 0 Å². The molecule has 1 unspecified atom stereocenters. The summed E-state index contributed by atoms with van der Waals surface area (Å²) in [6, 6.07) is 9.25. The van der Waals surface area contributed by atoms with E-state index in [1.807, 2.05) is 44.2 Å². The third kappa shape index (κ3) is 6.91. The van der Waals surface area contributed by atoms with E-state index in [9.17, 15) is 4.79 Å². The average molecular weight is 336 g/mol. The second kappa shape index (κ2) is 11.9. The number of hydrogen-bond acceptors (Lipinski definition) is 4. The van der Waals surface area contributed by atoms with Gasteiger partial charge in [0.05, 0.1) is 6.61 Å². The van der Waals surface area contributed by atoms with E-state index in [-0.39, 0.29) is 0 Å². The minimum absolute atomic E-state index is 0.382. The van der Waals surface area contributed by atoms with Gasteiger partial charge in [-0.15, -0.1) is 0 Å². The molecule has 4 heteroatoms. The topological polar surface area (TPSA) is 44.8 Å². The van der Waals surface area contributed by atoms with E-state index in [1.165, 1.54) is 25.7 Å². The maximum absolute atomic E-state index is 12.6. The van der Waals surface area contributed by atoms with Crippen LogP contribution < -0.4 is 4.74 Å². The van der Waals surface area contributed by atoms with Crippen molar-refractivity contribution in [2.75, 3.05) is 13.2 Å². The first-order valence-corrected chi connectivity index (χ1v) is 9.23. The molecule has 0 saturated heterocycles. The van der Waals surface area contributed by atoms with E-state index in [0.29, 0.717) is 25.4 Å². The Morgan fingerprint density at radius 1 is 0.958 bits per heavy atom. The van der Waals surface area contributed by atoms with Crippen molar-refractivity contribution in [3.8, 4) is 5.75 Å². The minimum atomic E-state index is -1.36. The summed E-state index contributed by atoms with van der Waals surface area (Å²) in [5, 5.41) is 0. The Morgan fingerprint density at radius 2 is 1.62 bits per heavy atom. The molecule has 0 aliphatic rings. The lowest BCUT2D eigenvalue weighted by Crippen LogP contribution is -2.48. The summed E-state index contributed by atoms with van der Waals surface area (Å²) in [7, 11) is 0. The first-order valence-electron chi connectivity index (χ1n) is 9.23. The molecule has 0 N–H and O–H groups in total. The van der Waals surface area contributed by atoms with Gasteiger partial charge in [0, 0.05) is 13.0 Å². The van der Waals surface area contributed by atoms with Crippen molar-refractivity contribution in [3.63, 3.8) is 0 Å². The third-order valence-corrected chi connectivity index (χ3v) is 3.91. The fourth-order valence-corrected chi connectivity index (χ4v) is 2.52. The van der Waals surface area contributed by atoms with Gasteiger partial charge in [0.25, 0.3) is 0 Å². The molecule has 0 radical (unpaired) electrons. The van der Waals surface area contributed by atoms with Crippen molar-refractivity contribution in [2.45, 2.75) is 71.5 Å². The lowest BCUT2D eigenvalue weighted by Gasteiger charge is -2.30. The molecule has 0 bridgehead atoms. The van der Waals surface area contributed by atoms with E-state index in [2.05, 4.69) is 6.92 Å². The summed E-state index contributed by atoms with van der Waals surface area (Å²) < 4.78 is 17.0. The summed E-state index contributed by atoms with van der Waals surface area (Å²) in [5.74, 6) is -1.20. The zero-order valence-corrected chi connectivity index (χ0v) is 15.4. The van der Waals surface area contributed by atoms with Crippen LogP contribution in [0, 0.1) is 0 Å². The average Bonchev–Trinajstić information content (AvgIpc) is 2.61. The molecule has 24 heavy (non-hydrogen) atoms. The summed E-state index contributed by atoms with van der Waals surface area (Å²) in [5.41, 5.74) is 0. The molecule has 1 rings (SSSR count). The number of ether oxygens (including phenoxy) is 3. The summed E-state index contributed by atoms with van der Waals surface area (Å²) in [4.78, 5) is 12.6. The molecule has 0 saturated carbocycles. The normalized spacial score (nSPS) is 13.3. The zero-order chi connectivity index (χ0) is 17.7. The van der Waals surface area contributed by atoms with Crippen LogP contribution >= 0.6 is 0 Å². The van der Waals surface area contributed by atoms with Crippen molar-refractivity contribution in [1.82, 2.24) is 0 Å². The highest BCUT2D eigenvalue weighted by Crippen LogP contribution is 2.24. The minimum Gasteiger partial charge on any atom is -0.461 e. The Balaban J connectivity index is 2.52. The molecule has 1 aromatic rings. The fourth-order valence-electron chi connectivity index (χ4n) is 2.52. The zero-order valence-electron chi connectivity index (χ0n) is 15.4. The third-order valence-electron chi connectivity index (χ3n) is 3.91. The van der Waals surface area contributed by atoms with Crippen LogP contribution in [0.25, 0.3) is 0 Å². The molecule has 0 aromatic heterocycles. The molecular weight excluding hydrogens is 304 g/mol. The van der Waals surface area contributed by atoms with Gasteiger partial charge in [-0.1, -0.05) is 64.2 Å². The Morgan fingerprint density at radius 3 is 2.25 bits per heavy atom. The number of carbonyl (C=O) groups excluding carboxylic acids is 1. The lowest BCUT2D eigenvalue weighted by molar-refractivity contribution is -0.217. The highest BCUT2D eigenvalue weighted by molar-refractivity contribution is 5.78. The van der Waals surface area contributed by atoms with Gasteiger partial charge >= 0.3 is 11.8 Å². The van der Waals surface area contributed by atoms with E-state index >= 15 is 0 Å². The number of esters is 1. The number of rotatable bonds is 13. The molecule has 4 nitrogen and oxygen atoms in total. The standard InChI is InChI=1S/C20H32O4/c1-4-7-8-9-10-14-17-22-19(21)20(5-2,23-6-3)24-18-15-12-11-13-16-18/h11-13,15-16H,4-10,14,17H2,1-3H3. The van der Waals surface area contributed by atoms with Gasteiger partial charge in [-0.05, 0) is 25.5 Å². The predicted molar refractivity (Wildman–Crippen MR) is 96.1 cm³/mol. The van der Waals surface area contributed by atoms with Crippen molar-refractivity contribution >= 4 is 5.97 Å². The largest absolute Gasteiger partial charge is 0.461 e. The Kier molecular flexibility index (Phi) is 10.2. The van der Waals surface area contributed by atoms with E-state index in [0.717, 1.165) is 12.8 Å². The number of carbonyl (C=O) groups is 1. The van der Waals surface area contributed by atoms with E-state index < -0.39 is 11.8 Å². The molecule has 0 aliphatic heterocycles. The van der Waals surface area contributed by atoms with Crippen LogP contribution in [0.3, 0.4) is 0 Å². The SMILES string of the molecule is CCCCCCCCOC(=O)C(CC)(OCC)Oc1ccccc1. The van der Waals surface area contributed by atoms with Crippen LogP contribution in [-0.4, -0.2) is 25.0 Å². The van der Waals surface area contributed by atoms with Gasteiger partial charge in [-0.25, -0.2) is 4.79 Å². The second-order valence-electron chi connectivity index (χ2n) is 5.86. The van der Waals surface area contributed by atoms with Crippen LogP contribution in [0.1, 0.15) is 65.7 Å².